The molecule has 2 heterocycles. The molecule has 0 saturated carbocycles. The van der Waals surface area contributed by atoms with Gasteiger partial charge in [0.25, 0.3) is 5.91 Å². The van der Waals surface area contributed by atoms with Gasteiger partial charge in [-0.15, -0.1) is 0 Å². The Bertz CT molecular complexity index is 853. The van der Waals surface area contributed by atoms with Crippen molar-refractivity contribution < 1.29 is 22.7 Å². The lowest BCUT2D eigenvalue weighted by molar-refractivity contribution is -0.127. The largest absolute Gasteiger partial charge is 0.497 e. The lowest BCUT2D eigenvalue weighted by atomic mass is 10.2. The quantitative estimate of drug-likeness (QED) is 0.551. The number of amides is 2. The number of benzene rings is 1. The van der Waals surface area contributed by atoms with E-state index < -0.39 is 10.0 Å². The van der Waals surface area contributed by atoms with Crippen LogP contribution in [0.5, 0.6) is 5.75 Å². The van der Waals surface area contributed by atoms with E-state index in [9.17, 15) is 18.0 Å². The predicted molar refractivity (Wildman–Crippen MR) is 118 cm³/mol. The second kappa shape index (κ2) is 10.9. The van der Waals surface area contributed by atoms with Crippen LogP contribution in [0.15, 0.2) is 24.3 Å². The fourth-order valence-electron chi connectivity index (χ4n) is 3.90. The first-order valence-corrected chi connectivity index (χ1v) is 12.4. The van der Waals surface area contributed by atoms with Gasteiger partial charge in [0.1, 0.15) is 5.75 Å². The molecule has 172 valence electrons. The Morgan fingerprint density at radius 1 is 1.13 bits per heavy atom. The zero-order valence-electron chi connectivity index (χ0n) is 18.1. The van der Waals surface area contributed by atoms with Gasteiger partial charge in [0.2, 0.25) is 15.9 Å². The van der Waals surface area contributed by atoms with Crippen molar-refractivity contribution in [1.82, 2.24) is 19.4 Å². The summed E-state index contributed by atoms with van der Waals surface area (Å²) >= 11 is 0. The topological polar surface area (TPSA) is 99.3 Å². The zero-order valence-corrected chi connectivity index (χ0v) is 18.9. The van der Waals surface area contributed by atoms with Gasteiger partial charge in [-0.1, -0.05) is 0 Å². The van der Waals surface area contributed by atoms with Crippen LogP contribution < -0.4 is 10.1 Å². The third-order valence-electron chi connectivity index (χ3n) is 5.74. The Labute approximate surface area is 184 Å². The third-order valence-corrected chi connectivity index (χ3v) is 7.59. The Balaban J connectivity index is 1.64. The SMILES string of the molecule is COc1ccc(C(=O)N(CCCN2CCCC2=O)CCS(=O)(=O)N2CCNCC2)cc1. The Morgan fingerprint density at radius 2 is 1.84 bits per heavy atom. The molecule has 1 N–H and O–H groups in total. The number of piperazine rings is 1. The maximum absolute atomic E-state index is 13.1. The normalized spacial score (nSPS) is 17.7. The van der Waals surface area contributed by atoms with E-state index in [4.69, 9.17) is 4.74 Å². The number of carbonyl (C=O) groups is 2. The van der Waals surface area contributed by atoms with Crippen LogP contribution in [0.25, 0.3) is 0 Å². The summed E-state index contributed by atoms with van der Waals surface area (Å²) < 4.78 is 32.1. The van der Waals surface area contributed by atoms with Crippen LogP contribution in [0.3, 0.4) is 0 Å². The zero-order chi connectivity index (χ0) is 22.3. The predicted octanol–water partition coefficient (Wildman–Crippen LogP) is 0.385. The smallest absolute Gasteiger partial charge is 0.253 e. The van der Waals surface area contributed by atoms with E-state index in [2.05, 4.69) is 5.32 Å². The standard InChI is InChI=1S/C21H32N4O5S/c1-30-19-7-5-18(6-8-19)21(27)24(13-3-12-23-11-2-4-20(23)26)16-17-31(28,29)25-14-9-22-10-15-25/h5-8,22H,2-4,9-17H2,1H3. The summed E-state index contributed by atoms with van der Waals surface area (Å²) in [5, 5.41) is 3.15. The molecule has 1 aromatic rings. The number of likely N-dealkylation sites (tertiary alicyclic amines) is 1. The van der Waals surface area contributed by atoms with E-state index >= 15 is 0 Å². The van der Waals surface area contributed by atoms with Crippen molar-refractivity contribution in [2.75, 3.05) is 65.2 Å². The minimum Gasteiger partial charge on any atom is -0.497 e. The first kappa shape index (κ1) is 23.5. The van der Waals surface area contributed by atoms with E-state index in [-0.39, 0.29) is 24.1 Å². The number of hydrogen-bond acceptors (Lipinski definition) is 6. The maximum atomic E-state index is 13.1. The minimum absolute atomic E-state index is 0.114. The molecule has 0 spiro atoms. The lowest BCUT2D eigenvalue weighted by Crippen LogP contribution is -2.48. The van der Waals surface area contributed by atoms with E-state index in [1.807, 2.05) is 4.90 Å². The molecule has 2 fully saturated rings. The van der Waals surface area contributed by atoms with Crippen molar-refractivity contribution in [3.8, 4) is 5.75 Å². The van der Waals surface area contributed by atoms with Crippen LogP contribution in [-0.2, 0) is 14.8 Å². The molecule has 2 aliphatic rings. The second-order valence-electron chi connectivity index (χ2n) is 7.82. The minimum atomic E-state index is -3.44. The molecule has 2 saturated heterocycles. The summed E-state index contributed by atoms with van der Waals surface area (Å²) in [4.78, 5) is 28.4. The van der Waals surface area contributed by atoms with Crippen LogP contribution in [0.2, 0.25) is 0 Å². The molecule has 0 radical (unpaired) electrons. The Morgan fingerprint density at radius 3 is 2.45 bits per heavy atom. The van der Waals surface area contributed by atoms with Crippen molar-refractivity contribution in [3.63, 3.8) is 0 Å². The number of methoxy groups -OCH3 is 1. The molecule has 2 amide bonds. The molecule has 0 aromatic heterocycles. The number of nitrogens with one attached hydrogen (secondary N) is 1. The lowest BCUT2D eigenvalue weighted by Gasteiger charge is -2.29. The summed E-state index contributed by atoms with van der Waals surface area (Å²) in [6, 6.07) is 6.80. The number of sulfonamides is 1. The molecule has 0 aliphatic carbocycles. The fraction of sp³-hybridized carbons (Fsp3) is 0.619. The van der Waals surface area contributed by atoms with Gasteiger partial charge in [0, 0.05) is 64.3 Å². The van der Waals surface area contributed by atoms with Crippen LogP contribution in [0.4, 0.5) is 0 Å². The van der Waals surface area contributed by atoms with Gasteiger partial charge >= 0.3 is 0 Å². The number of hydrogen-bond donors (Lipinski definition) is 1. The molecule has 31 heavy (non-hydrogen) atoms. The molecule has 2 aliphatic heterocycles. The fourth-order valence-corrected chi connectivity index (χ4v) is 5.35. The highest BCUT2D eigenvalue weighted by Crippen LogP contribution is 2.15. The summed E-state index contributed by atoms with van der Waals surface area (Å²) in [5.41, 5.74) is 0.484. The van der Waals surface area contributed by atoms with Crippen LogP contribution in [0, 0.1) is 0 Å². The maximum Gasteiger partial charge on any atom is 0.253 e. The van der Waals surface area contributed by atoms with Crippen molar-refractivity contribution in [3.05, 3.63) is 29.8 Å². The van der Waals surface area contributed by atoms with Gasteiger partial charge in [0.05, 0.1) is 12.9 Å². The van der Waals surface area contributed by atoms with Gasteiger partial charge in [-0.05, 0) is 37.1 Å². The summed E-state index contributed by atoms with van der Waals surface area (Å²) in [7, 11) is -1.88. The molecule has 0 bridgehead atoms. The average Bonchev–Trinajstić information content (AvgIpc) is 3.21. The van der Waals surface area contributed by atoms with E-state index in [0.29, 0.717) is 63.4 Å². The van der Waals surface area contributed by atoms with Crippen molar-refractivity contribution >= 4 is 21.8 Å². The molecule has 9 nitrogen and oxygen atoms in total. The molecular weight excluding hydrogens is 420 g/mol. The van der Waals surface area contributed by atoms with E-state index in [0.717, 1.165) is 13.0 Å². The van der Waals surface area contributed by atoms with Gasteiger partial charge in [-0.2, -0.15) is 4.31 Å². The van der Waals surface area contributed by atoms with Gasteiger partial charge in [0.15, 0.2) is 0 Å². The molecule has 10 heteroatoms. The van der Waals surface area contributed by atoms with Gasteiger partial charge in [-0.3, -0.25) is 9.59 Å². The molecule has 1 aromatic carbocycles. The molecule has 0 unspecified atom stereocenters. The van der Waals surface area contributed by atoms with Crippen LogP contribution in [0.1, 0.15) is 29.6 Å². The molecule has 3 rings (SSSR count). The van der Waals surface area contributed by atoms with Crippen molar-refractivity contribution in [2.24, 2.45) is 0 Å². The highest BCUT2D eigenvalue weighted by molar-refractivity contribution is 7.89. The number of nitrogens with zero attached hydrogens (tertiary/aromatic N) is 3. The van der Waals surface area contributed by atoms with Crippen molar-refractivity contribution in [2.45, 2.75) is 19.3 Å². The number of rotatable bonds is 10. The summed E-state index contributed by atoms with van der Waals surface area (Å²) in [5.74, 6) is 0.467. The summed E-state index contributed by atoms with van der Waals surface area (Å²) in [6.45, 7) is 4.02. The van der Waals surface area contributed by atoms with Gasteiger partial charge < -0.3 is 19.9 Å². The molecular formula is C21H32N4O5S. The number of carbonyl (C=O) groups excluding carboxylic acids is 2. The highest BCUT2D eigenvalue weighted by Gasteiger charge is 2.26. The first-order valence-electron chi connectivity index (χ1n) is 10.8. The Hall–Kier alpha value is -2.17. The van der Waals surface area contributed by atoms with Crippen molar-refractivity contribution in [1.29, 1.82) is 0 Å². The van der Waals surface area contributed by atoms with Gasteiger partial charge in [-0.25, -0.2) is 8.42 Å². The average molecular weight is 453 g/mol. The Kier molecular flexibility index (Phi) is 8.28. The monoisotopic (exact) mass is 452 g/mol. The molecule has 0 atom stereocenters. The second-order valence-corrected chi connectivity index (χ2v) is 9.91. The first-order chi connectivity index (χ1) is 14.9. The highest BCUT2D eigenvalue weighted by atomic mass is 32.2. The van der Waals surface area contributed by atoms with Crippen LogP contribution >= 0.6 is 0 Å². The van der Waals surface area contributed by atoms with Crippen LogP contribution in [-0.4, -0.2) is 99.6 Å². The van der Waals surface area contributed by atoms with E-state index in [1.165, 1.54) is 4.31 Å². The number of ether oxygens (including phenoxy) is 1. The third kappa shape index (κ3) is 6.41. The van der Waals surface area contributed by atoms with E-state index in [1.54, 1.807) is 36.3 Å². The summed E-state index contributed by atoms with van der Waals surface area (Å²) in [6.07, 6.45) is 2.06.